The third kappa shape index (κ3) is 14.0. The van der Waals surface area contributed by atoms with Gasteiger partial charge >= 0.3 is 0 Å². The van der Waals surface area contributed by atoms with Crippen LogP contribution in [0.2, 0.25) is 0 Å². The van der Waals surface area contributed by atoms with Crippen molar-refractivity contribution >= 4 is 23.4 Å². The highest BCUT2D eigenvalue weighted by Crippen LogP contribution is 2.01. The number of nitrogens with one attached hydrogen (secondary N) is 3. The minimum absolute atomic E-state index is 0.0258. The first-order valence-electron chi connectivity index (χ1n) is 9.67. The van der Waals surface area contributed by atoms with Crippen molar-refractivity contribution < 1.29 is 19.2 Å². The molecule has 8 nitrogen and oxygen atoms in total. The molecule has 156 valence electrons. The number of rotatable bonds is 15. The fraction of sp³-hybridized carbons (Fsp3) is 0.789. The van der Waals surface area contributed by atoms with Gasteiger partial charge in [-0.25, -0.2) is 10.4 Å². The van der Waals surface area contributed by atoms with Crippen LogP contribution in [-0.4, -0.2) is 61.6 Å². The van der Waals surface area contributed by atoms with Gasteiger partial charge in [-0.05, 0) is 12.8 Å². The molecular weight excluding hydrogens is 348 g/mol. The van der Waals surface area contributed by atoms with Gasteiger partial charge in [-0.15, -0.1) is 0 Å². The summed E-state index contributed by atoms with van der Waals surface area (Å²) in [6.07, 6.45) is 2.19. The molecule has 8 heteroatoms. The Morgan fingerprint density at radius 2 is 1.22 bits per heavy atom. The van der Waals surface area contributed by atoms with Crippen molar-refractivity contribution in [2.45, 2.75) is 53.4 Å². The van der Waals surface area contributed by atoms with Gasteiger partial charge in [0.25, 0.3) is 0 Å². The number of hydrazine groups is 1. The minimum Gasteiger partial charge on any atom is -0.355 e. The van der Waals surface area contributed by atoms with E-state index in [0.29, 0.717) is 38.8 Å². The topological polar surface area (TPSA) is 108 Å². The Balaban J connectivity index is 3.75. The first-order chi connectivity index (χ1) is 12.6. The summed E-state index contributed by atoms with van der Waals surface area (Å²) in [5.41, 5.74) is 2.84. The van der Waals surface area contributed by atoms with Crippen molar-refractivity contribution in [1.29, 1.82) is 0 Å². The second-order valence-electron chi connectivity index (χ2n) is 7.34. The zero-order chi connectivity index (χ0) is 20.8. The second kappa shape index (κ2) is 14.3. The molecule has 3 N–H and O–H groups in total. The van der Waals surface area contributed by atoms with E-state index >= 15 is 0 Å². The summed E-state index contributed by atoms with van der Waals surface area (Å²) >= 11 is 0. The lowest BCUT2D eigenvalue weighted by Crippen LogP contribution is -2.46. The van der Waals surface area contributed by atoms with E-state index in [1.54, 1.807) is 7.05 Å². The molecule has 0 saturated carbocycles. The average molecular weight is 385 g/mol. The van der Waals surface area contributed by atoms with Crippen molar-refractivity contribution in [1.82, 2.24) is 21.1 Å². The summed E-state index contributed by atoms with van der Waals surface area (Å²) < 4.78 is 0. The van der Waals surface area contributed by atoms with E-state index < -0.39 is 0 Å². The number of likely N-dealkylation sites (N-methyl/N-ethyl adjacent to an activating group) is 1. The predicted molar refractivity (Wildman–Crippen MR) is 105 cm³/mol. The Hall–Kier alpha value is -1.80. The molecule has 0 rings (SSSR count). The predicted octanol–water partition coefficient (Wildman–Crippen LogP) is 0.666. The van der Waals surface area contributed by atoms with Crippen molar-refractivity contribution in [3.63, 3.8) is 0 Å². The Bertz CT molecular complexity index is 492. The van der Waals surface area contributed by atoms with Gasteiger partial charge < -0.3 is 10.6 Å². The molecule has 0 spiro atoms. The van der Waals surface area contributed by atoms with Crippen LogP contribution in [0.15, 0.2) is 0 Å². The molecule has 0 atom stereocenters. The van der Waals surface area contributed by atoms with Crippen molar-refractivity contribution in [3.05, 3.63) is 0 Å². The van der Waals surface area contributed by atoms with Crippen LogP contribution in [-0.2, 0) is 19.2 Å². The highest BCUT2D eigenvalue weighted by Gasteiger charge is 2.10. The van der Waals surface area contributed by atoms with Gasteiger partial charge in [0.2, 0.25) is 11.8 Å². The summed E-state index contributed by atoms with van der Waals surface area (Å²) in [7, 11) is 1.68. The molecule has 0 heterocycles. The number of hydrogen-bond donors (Lipinski definition) is 3. The zero-order valence-electron chi connectivity index (χ0n) is 17.4. The lowest BCUT2D eigenvalue weighted by atomic mass is 10.0. The van der Waals surface area contributed by atoms with E-state index in [1.165, 1.54) is 5.01 Å². The van der Waals surface area contributed by atoms with Crippen LogP contribution < -0.4 is 16.1 Å². The Kier molecular flexibility index (Phi) is 13.3. The van der Waals surface area contributed by atoms with Crippen LogP contribution in [0.5, 0.6) is 0 Å². The largest absolute Gasteiger partial charge is 0.355 e. The van der Waals surface area contributed by atoms with Gasteiger partial charge in [-0.3, -0.25) is 19.2 Å². The number of Topliss-reactive ketones (excluding diaryl/α,β-unsaturated/α-hetero) is 2. The molecule has 0 aromatic carbocycles. The molecule has 0 saturated heterocycles. The molecule has 0 aromatic rings. The Morgan fingerprint density at radius 1 is 0.778 bits per heavy atom. The standard InChI is InChI=1S/C19H36N4O4/c1-14(2)16(24)8-6-10-20-18(26)12-22-23(5)13-19(27)21-11-7-9-17(25)15(3)4/h14-15,22H,6-13H2,1-5H3,(H,20,26)(H,21,27). The van der Waals surface area contributed by atoms with E-state index in [-0.39, 0.29) is 48.3 Å². The molecule has 0 aliphatic carbocycles. The van der Waals surface area contributed by atoms with Crippen molar-refractivity contribution in [3.8, 4) is 0 Å². The zero-order valence-corrected chi connectivity index (χ0v) is 17.4. The number of carbonyl (C=O) groups is 4. The molecule has 2 amide bonds. The maximum absolute atomic E-state index is 11.8. The lowest BCUT2D eigenvalue weighted by molar-refractivity contribution is -0.125. The van der Waals surface area contributed by atoms with Crippen LogP contribution in [0.1, 0.15) is 53.4 Å². The fourth-order valence-corrected chi connectivity index (χ4v) is 2.15. The van der Waals surface area contributed by atoms with E-state index in [1.807, 2.05) is 27.7 Å². The van der Waals surface area contributed by atoms with Crippen LogP contribution in [0.4, 0.5) is 0 Å². The van der Waals surface area contributed by atoms with Crippen LogP contribution in [0, 0.1) is 11.8 Å². The average Bonchev–Trinajstić information content (AvgIpc) is 2.59. The highest BCUT2D eigenvalue weighted by atomic mass is 16.2. The van der Waals surface area contributed by atoms with Crippen molar-refractivity contribution in [2.75, 3.05) is 33.2 Å². The first-order valence-corrected chi connectivity index (χ1v) is 9.67. The number of ketones is 2. The molecule has 0 radical (unpaired) electrons. The van der Waals surface area contributed by atoms with Gasteiger partial charge in [0.15, 0.2) is 0 Å². The van der Waals surface area contributed by atoms with Crippen molar-refractivity contribution in [2.24, 2.45) is 11.8 Å². The number of amides is 2. The third-order valence-corrected chi connectivity index (χ3v) is 4.02. The maximum atomic E-state index is 11.8. The summed E-state index contributed by atoms with van der Waals surface area (Å²) in [5.74, 6) is 0.0843. The molecule has 0 aromatic heterocycles. The van der Waals surface area contributed by atoms with Gasteiger partial charge in [0.1, 0.15) is 11.6 Å². The fourth-order valence-electron chi connectivity index (χ4n) is 2.15. The monoisotopic (exact) mass is 384 g/mol. The minimum atomic E-state index is -0.188. The third-order valence-electron chi connectivity index (χ3n) is 4.02. The van der Waals surface area contributed by atoms with E-state index in [2.05, 4.69) is 16.1 Å². The van der Waals surface area contributed by atoms with Crippen LogP contribution >= 0.6 is 0 Å². The molecule has 27 heavy (non-hydrogen) atoms. The van der Waals surface area contributed by atoms with Crippen LogP contribution in [0.3, 0.4) is 0 Å². The molecule has 0 aliphatic heterocycles. The normalized spacial score (nSPS) is 11.1. The molecule has 0 unspecified atom stereocenters. The SMILES string of the molecule is CC(C)C(=O)CCCNC(=O)CNN(C)CC(=O)NCCCC(=O)C(C)C. The van der Waals surface area contributed by atoms with E-state index in [4.69, 9.17) is 0 Å². The van der Waals surface area contributed by atoms with Gasteiger partial charge in [-0.2, -0.15) is 0 Å². The van der Waals surface area contributed by atoms with E-state index in [9.17, 15) is 19.2 Å². The summed E-state index contributed by atoms with van der Waals surface area (Å²) in [6.45, 7) is 8.54. The number of hydrogen-bond acceptors (Lipinski definition) is 6. The smallest absolute Gasteiger partial charge is 0.235 e. The molecule has 0 bridgehead atoms. The van der Waals surface area contributed by atoms with Gasteiger partial charge in [-0.1, -0.05) is 27.7 Å². The summed E-state index contributed by atoms with van der Waals surface area (Å²) in [5, 5.41) is 7.02. The number of carbonyl (C=O) groups excluding carboxylic acids is 4. The molecular formula is C19H36N4O4. The molecule has 0 aliphatic rings. The maximum Gasteiger partial charge on any atom is 0.235 e. The summed E-state index contributed by atoms with van der Waals surface area (Å²) in [6, 6.07) is 0. The van der Waals surface area contributed by atoms with Crippen LogP contribution in [0.25, 0.3) is 0 Å². The second-order valence-corrected chi connectivity index (χ2v) is 7.34. The Morgan fingerprint density at radius 3 is 1.67 bits per heavy atom. The quantitative estimate of drug-likeness (QED) is 0.283. The summed E-state index contributed by atoms with van der Waals surface area (Å²) in [4.78, 5) is 46.5. The molecule has 0 fully saturated rings. The van der Waals surface area contributed by atoms with E-state index in [0.717, 1.165) is 0 Å². The Labute approximate surface area is 162 Å². The van der Waals surface area contributed by atoms with Gasteiger partial charge in [0, 0.05) is 44.8 Å². The highest BCUT2D eigenvalue weighted by molar-refractivity contribution is 5.81. The van der Waals surface area contributed by atoms with Gasteiger partial charge in [0.05, 0.1) is 13.1 Å². The first kappa shape index (κ1) is 25.2. The lowest BCUT2D eigenvalue weighted by Gasteiger charge is -2.17. The number of nitrogens with zero attached hydrogens (tertiary/aromatic N) is 1.